The highest BCUT2D eigenvalue weighted by Gasteiger charge is 2.30. The van der Waals surface area contributed by atoms with Crippen molar-refractivity contribution in [2.45, 2.75) is 13.1 Å². The standard InChI is InChI=1S/C10H12F3IN2/c1-2-16(6-10(11,12)13)9-4-3-7(14)5-8(9)15/h3-5H,2,6,15H2,1H3. The fourth-order valence-corrected chi connectivity index (χ4v) is 1.91. The Kier molecular flexibility index (Phi) is 4.28. The second-order valence-corrected chi connectivity index (χ2v) is 4.58. The lowest BCUT2D eigenvalue weighted by Gasteiger charge is -2.25. The van der Waals surface area contributed by atoms with E-state index >= 15 is 0 Å². The molecule has 2 N–H and O–H groups in total. The first-order chi connectivity index (χ1) is 7.33. The van der Waals surface area contributed by atoms with Gasteiger partial charge in [-0.3, -0.25) is 0 Å². The van der Waals surface area contributed by atoms with Crippen LogP contribution in [0.4, 0.5) is 24.5 Å². The predicted octanol–water partition coefficient (Wildman–Crippen LogP) is 3.26. The molecule has 1 rings (SSSR count). The number of nitrogen functional groups attached to an aromatic ring is 1. The molecule has 0 aliphatic heterocycles. The first-order valence-corrected chi connectivity index (χ1v) is 5.78. The van der Waals surface area contributed by atoms with E-state index < -0.39 is 12.7 Å². The van der Waals surface area contributed by atoms with E-state index in [1.807, 2.05) is 0 Å². The van der Waals surface area contributed by atoms with Gasteiger partial charge in [0.2, 0.25) is 0 Å². The average Bonchev–Trinajstić information content (AvgIpc) is 2.13. The van der Waals surface area contributed by atoms with Crippen molar-refractivity contribution < 1.29 is 13.2 Å². The third-order valence-electron chi connectivity index (χ3n) is 2.08. The Bertz CT molecular complexity index is 366. The van der Waals surface area contributed by atoms with Crippen molar-refractivity contribution in [2.24, 2.45) is 0 Å². The molecule has 0 aliphatic carbocycles. The van der Waals surface area contributed by atoms with E-state index in [-0.39, 0.29) is 6.54 Å². The summed E-state index contributed by atoms with van der Waals surface area (Å²) >= 11 is 2.07. The molecule has 0 radical (unpaired) electrons. The molecule has 0 bridgehead atoms. The summed E-state index contributed by atoms with van der Waals surface area (Å²) in [7, 11) is 0. The van der Waals surface area contributed by atoms with Crippen LogP contribution in [0.25, 0.3) is 0 Å². The zero-order chi connectivity index (χ0) is 12.3. The molecule has 0 spiro atoms. The van der Waals surface area contributed by atoms with Gasteiger partial charge in [0.05, 0.1) is 11.4 Å². The maximum atomic E-state index is 12.3. The minimum absolute atomic E-state index is 0.268. The fourth-order valence-electron chi connectivity index (χ4n) is 1.40. The Morgan fingerprint density at radius 2 is 2.00 bits per heavy atom. The number of halogens is 4. The van der Waals surface area contributed by atoms with Gasteiger partial charge in [0.25, 0.3) is 0 Å². The van der Waals surface area contributed by atoms with Crippen molar-refractivity contribution in [3.8, 4) is 0 Å². The second kappa shape index (κ2) is 5.11. The van der Waals surface area contributed by atoms with Crippen LogP contribution in [-0.2, 0) is 0 Å². The molecule has 1 aromatic rings. The molecule has 2 nitrogen and oxygen atoms in total. The van der Waals surface area contributed by atoms with Crippen molar-refractivity contribution in [3.63, 3.8) is 0 Å². The normalized spacial score (nSPS) is 11.6. The largest absolute Gasteiger partial charge is 0.405 e. The number of alkyl halides is 3. The van der Waals surface area contributed by atoms with Crippen LogP contribution in [0.15, 0.2) is 18.2 Å². The summed E-state index contributed by atoms with van der Waals surface area (Å²) in [5.74, 6) is 0. The molecular weight excluding hydrogens is 332 g/mol. The van der Waals surface area contributed by atoms with E-state index in [4.69, 9.17) is 5.73 Å². The molecule has 6 heteroatoms. The zero-order valence-electron chi connectivity index (χ0n) is 8.68. The average molecular weight is 344 g/mol. The summed E-state index contributed by atoms with van der Waals surface area (Å²) in [5.41, 5.74) is 6.51. The molecule has 0 amide bonds. The predicted molar refractivity (Wildman–Crippen MR) is 67.5 cm³/mol. The minimum atomic E-state index is -4.22. The van der Waals surface area contributed by atoms with Crippen molar-refractivity contribution >= 4 is 34.0 Å². The van der Waals surface area contributed by atoms with Crippen LogP contribution >= 0.6 is 22.6 Å². The van der Waals surface area contributed by atoms with Gasteiger partial charge in [0.1, 0.15) is 6.54 Å². The van der Waals surface area contributed by atoms with Crippen molar-refractivity contribution in [1.29, 1.82) is 0 Å². The Balaban J connectivity index is 2.95. The monoisotopic (exact) mass is 344 g/mol. The lowest BCUT2D eigenvalue weighted by Crippen LogP contribution is -2.34. The number of nitrogens with two attached hydrogens (primary N) is 1. The quantitative estimate of drug-likeness (QED) is 0.674. The molecule has 0 aliphatic rings. The van der Waals surface area contributed by atoms with Gasteiger partial charge in [0, 0.05) is 10.1 Å². The van der Waals surface area contributed by atoms with Gasteiger partial charge >= 0.3 is 6.18 Å². The summed E-state index contributed by atoms with van der Waals surface area (Å²) < 4.78 is 37.8. The second-order valence-electron chi connectivity index (χ2n) is 3.33. The summed E-state index contributed by atoms with van der Waals surface area (Å²) in [6.07, 6.45) is -4.22. The summed E-state index contributed by atoms with van der Waals surface area (Å²) in [6.45, 7) is 0.960. The Morgan fingerprint density at radius 1 is 1.38 bits per heavy atom. The Hall–Kier alpha value is -0.660. The van der Waals surface area contributed by atoms with Crippen LogP contribution < -0.4 is 10.6 Å². The van der Waals surface area contributed by atoms with Gasteiger partial charge in [-0.15, -0.1) is 0 Å². The van der Waals surface area contributed by atoms with Gasteiger partial charge < -0.3 is 10.6 Å². The van der Waals surface area contributed by atoms with E-state index in [2.05, 4.69) is 22.6 Å². The van der Waals surface area contributed by atoms with Crippen LogP contribution in [0.5, 0.6) is 0 Å². The van der Waals surface area contributed by atoms with E-state index in [1.54, 1.807) is 25.1 Å². The number of nitrogens with zero attached hydrogens (tertiary/aromatic N) is 1. The van der Waals surface area contributed by atoms with Crippen LogP contribution in [0.2, 0.25) is 0 Å². The van der Waals surface area contributed by atoms with Gasteiger partial charge in [-0.05, 0) is 47.7 Å². The third kappa shape index (κ3) is 3.73. The zero-order valence-corrected chi connectivity index (χ0v) is 10.8. The summed E-state index contributed by atoms with van der Waals surface area (Å²) in [4.78, 5) is 1.21. The molecular formula is C10H12F3IN2. The highest BCUT2D eigenvalue weighted by Crippen LogP contribution is 2.28. The summed E-state index contributed by atoms with van der Waals surface area (Å²) in [5, 5.41) is 0. The van der Waals surface area contributed by atoms with E-state index in [9.17, 15) is 13.2 Å². The molecule has 0 saturated carbocycles. The molecule has 0 unspecified atom stereocenters. The van der Waals surface area contributed by atoms with Gasteiger partial charge in [0.15, 0.2) is 0 Å². The SMILES string of the molecule is CCN(CC(F)(F)F)c1ccc(I)cc1N. The van der Waals surface area contributed by atoms with Crippen LogP contribution in [0, 0.1) is 3.57 Å². The molecule has 1 aromatic carbocycles. The first-order valence-electron chi connectivity index (χ1n) is 4.70. The molecule has 0 aromatic heterocycles. The number of benzene rings is 1. The Morgan fingerprint density at radius 3 is 2.44 bits per heavy atom. The van der Waals surface area contributed by atoms with E-state index in [1.165, 1.54) is 4.90 Å². The molecule has 90 valence electrons. The van der Waals surface area contributed by atoms with Crippen LogP contribution in [0.3, 0.4) is 0 Å². The minimum Gasteiger partial charge on any atom is -0.397 e. The van der Waals surface area contributed by atoms with Crippen LogP contribution in [-0.4, -0.2) is 19.3 Å². The van der Waals surface area contributed by atoms with Crippen LogP contribution in [0.1, 0.15) is 6.92 Å². The highest BCUT2D eigenvalue weighted by atomic mass is 127. The smallest absolute Gasteiger partial charge is 0.397 e. The molecule has 0 atom stereocenters. The third-order valence-corrected chi connectivity index (χ3v) is 2.75. The topological polar surface area (TPSA) is 29.3 Å². The first kappa shape index (κ1) is 13.4. The molecule has 0 fully saturated rings. The lowest BCUT2D eigenvalue weighted by molar-refractivity contribution is -0.119. The van der Waals surface area contributed by atoms with Crippen molar-refractivity contribution in [3.05, 3.63) is 21.8 Å². The fraction of sp³-hybridized carbons (Fsp3) is 0.400. The maximum absolute atomic E-state index is 12.3. The lowest BCUT2D eigenvalue weighted by atomic mass is 10.2. The van der Waals surface area contributed by atoms with Gasteiger partial charge in [-0.2, -0.15) is 13.2 Å². The Labute approximate surface area is 106 Å². The molecule has 16 heavy (non-hydrogen) atoms. The summed E-state index contributed by atoms with van der Waals surface area (Å²) in [6, 6.07) is 5.02. The number of hydrogen-bond donors (Lipinski definition) is 1. The number of anilines is 2. The number of rotatable bonds is 3. The maximum Gasteiger partial charge on any atom is 0.405 e. The van der Waals surface area contributed by atoms with E-state index in [0.717, 1.165) is 3.57 Å². The molecule has 0 saturated heterocycles. The highest BCUT2D eigenvalue weighted by molar-refractivity contribution is 14.1. The van der Waals surface area contributed by atoms with Gasteiger partial charge in [-0.1, -0.05) is 0 Å². The molecule has 0 heterocycles. The van der Waals surface area contributed by atoms with E-state index in [0.29, 0.717) is 11.4 Å². The van der Waals surface area contributed by atoms with Crippen molar-refractivity contribution in [2.75, 3.05) is 23.7 Å². The van der Waals surface area contributed by atoms with Gasteiger partial charge in [-0.25, -0.2) is 0 Å². The van der Waals surface area contributed by atoms with Crippen molar-refractivity contribution in [1.82, 2.24) is 0 Å². The number of hydrogen-bond acceptors (Lipinski definition) is 2.